The van der Waals surface area contributed by atoms with Crippen molar-refractivity contribution in [2.24, 2.45) is 0 Å². The summed E-state index contributed by atoms with van der Waals surface area (Å²) in [6.07, 6.45) is 2.49. The molecule has 0 spiro atoms. The van der Waals surface area contributed by atoms with Crippen LogP contribution in [0.3, 0.4) is 0 Å². The Morgan fingerprint density at radius 2 is 1.97 bits per heavy atom. The van der Waals surface area contributed by atoms with Gasteiger partial charge in [0.05, 0.1) is 6.54 Å². The topological polar surface area (TPSA) is 109 Å². The number of allylic oxidation sites excluding steroid dienone is 1. The van der Waals surface area contributed by atoms with Crippen LogP contribution in [0.5, 0.6) is 0 Å². The first-order chi connectivity index (χ1) is 15.3. The van der Waals surface area contributed by atoms with E-state index < -0.39 is 0 Å². The summed E-state index contributed by atoms with van der Waals surface area (Å²) in [7, 11) is 0. The quantitative estimate of drug-likeness (QED) is 0.427. The first kappa shape index (κ1) is 23.9. The van der Waals surface area contributed by atoms with E-state index in [9.17, 15) is 14.7 Å². The van der Waals surface area contributed by atoms with Crippen LogP contribution < -0.4 is 5.73 Å². The molecule has 2 aromatic carbocycles. The van der Waals surface area contributed by atoms with Crippen LogP contribution in [0.4, 0.5) is 5.82 Å². The fourth-order valence-electron chi connectivity index (χ4n) is 3.24. The molecule has 0 atom stereocenters. The lowest BCUT2D eigenvalue weighted by Crippen LogP contribution is -2.22. The van der Waals surface area contributed by atoms with Gasteiger partial charge in [0, 0.05) is 45.4 Å². The molecule has 166 valence electrons. The maximum Gasteiger partial charge on any atom is 0.224 e. The summed E-state index contributed by atoms with van der Waals surface area (Å²) in [5.41, 5.74) is 7.69. The number of nitrogens with zero attached hydrogens (tertiary/aromatic N) is 3. The monoisotopic (exact) mass is 514 g/mol. The summed E-state index contributed by atoms with van der Waals surface area (Å²) in [6, 6.07) is 11.3. The Labute approximate surface area is 198 Å². The van der Waals surface area contributed by atoms with Gasteiger partial charge < -0.3 is 15.7 Å². The van der Waals surface area contributed by atoms with Crippen molar-refractivity contribution in [3.05, 3.63) is 74.6 Å². The summed E-state index contributed by atoms with van der Waals surface area (Å²) in [5, 5.41) is 11.2. The van der Waals surface area contributed by atoms with Crippen molar-refractivity contribution >= 4 is 55.8 Å². The zero-order valence-electron chi connectivity index (χ0n) is 17.7. The van der Waals surface area contributed by atoms with Crippen molar-refractivity contribution in [3.63, 3.8) is 0 Å². The van der Waals surface area contributed by atoms with Crippen LogP contribution in [0.1, 0.15) is 35.1 Å². The van der Waals surface area contributed by atoms with Crippen LogP contribution in [0, 0.1) is 6.92 Å². The number of hydrogen-bond donors (Lipinski definition) is 2. The van der Waals surface area contributed by atoms with Gasteiger partial charge in [-0.1, -0.05) is 40.2 Å². The van der Waals surface area contributed by atoms with E-state index in [2.05, 4.69) is 25.9 Å². The molecule has 0 saturated heterocycles. The third-order valence-electron chi connectivity index (χ3n) is 4.96. The normalized spacial score (nSPS) is 11.9. The Balaban J connectivity index is 1.92. The molecule has 3 aromatic rings. The van der Waals surface area contributed by atoms with Gasteiger partial charge in [-0.05, 0) is 48.5 Å². The molecule has 0 aliphatic carbocycles. The number of carbonyl (C=O) groups excluding carboxylic acids is 2. The lowest BCUT2D eigenvalue weighted by Gasteiger charge is -2.22. The molecular weight excluding hydrogens is 492 g/mol. The predicted octanol–water partition coefficient (Wildman–Crippen LogP) is 4.43. The van der Waals surface area contributed by atoms with E-state index in [1.807, 2.05) is 30.3 Å². The lowest BCUT2D eigenvalue weighted by atomic mass is 10.1. The number of aryl methyl sites for hydroxylation is 1. The van der Waals surface area contributed by atoms with Crippen LogP contribution in [-0.2, 0) is 11.3 Å². The van der Waals surface area contributed by atoms with Gasteiger partial charge >= 0.3 is 0 Å². The zero-order chi connectivity index (χ0) is 23.3. The molecule has 3 N–H and O–H groups in total. The first-order valence-corrected chi connectivity index (χ1v) is 11.5. The number of aliphatic hydroxyl groups excluding tert-OH is 1. The number of benzene rings is 2. The van der Waals surface area contributed by atoms with Gasteiger partial charge in [0.25, 0.3) is 0 Å². The molecule has 1 amide bonds. The van der Waals surface area contributed by atoms with Crippen LogP contribution >= 0.6 is 27.7 Å². The van der Waals surface area contributed by atoms with E-state index in [-0.39, 0.29) is 24.7 Å². The van der Waals surface area contributed by atoms with E-state index in [1.165, 1.54) is 4.90 Å². The minimum Gasteiger partial charge on any atom is -0.396 e. The van der Waals surface area contributed by atoms with E-state index in [0.717, 1.165) is 27.0 Å². The van der Waals surface area contributed by atoms with Crippen LogP contribution in [-0.4, -0.2) is 38.1 Å². The molecule has 0 bridgehead atoms. The van der Waals surface area contributed by atoms with Gasteiger partial charge in [0.15, 0.2) is 0 Å². The Hall–Kier alpha value is -2.75. The van der Waals surface area contributed by atoms with E-state index >= 15 is 0 Å². The number of carbonyl (C=O) groups is 2. The Kier molecular flexibility index (Phi) is 8.00. The Morgan fingerprint density at radius 3 is 2.66 bits per heavy atom. The predicted molar refractivity (Wildman–Crippen MR) is 131 cm³/mol. The number of nitrogen functional groups attached to an aromatic ring is 1. The molecule has 1 aromatic heterocycles. The minimum absolute atomic E-state index is 0.156. The second-order valence-electron chi connectivity index (χ2n) is 7.07. The fourth-order valence-corrected chi connectivity index (χ4v) is 4.71. The largest absolute Gasteiger partial charge is 0.396 e. The number of aromatic nitrogens is 2. The number of thioether (sulfide) groups is 1. The summed E-state index contributed by atoms with van der Waals surface area (Å²) >= 11 is 4.54. The number of nitrogens with two attached hydrogens (primary N) is 1. The number of halogens is 1. The molecule has 3 rings (SSSR count). The molecule has 0 saturated carbocycles. The Bertz CT molecular complexity index is 1200. The zero-order valence-corrected chi connectivity index (χ0v) is 20.1. The third-order valence-corrected chi connectivity index (χ3v) is 6.81. The maximum atomic E-state index is 13.2. The van der Waals surface area contributed by atoms with Crippen LogP contribution in [0.2, 0.25) is 0 Å². The number of rotatable bonds is 8. The van der Waals surface area contributed by atoms with Gasteiger partial charge in [-0.25, -0.2) is 9.97 Å². The van der Waals surface area contributed by atoms with E-state index in [0.29, 0.717) is 39.8 Å². The number of hydrogen-bond acceptors (Lipinski definition) is 7. The Morgan fingerprint density at radius 1 is 1.25 bits per heavy atom. The van der Waals surface area contributed by atoms with Gasteiger partial charge in [-0.15, -0.1) is 0 Å². The molecule has 0 unspecified atom stereocenters. The van der Waals surface area contributed by atoms with Crippen molar-refractivity contribution in [2.45, 2.75) is 26.8 Å². The van der Waals surface area contributed by atoms with Crippen LogP contribution in [0.15, 0.2) is 57.7 Å². The van der Waals surface area contributed by atoms with Crippen molar-refractivity contribution in [1.82, 2.24) is 14.9 Å². The molecule has 0 radical (unpaired) electrons. The summed E-state index contributed by atoms with van der Waals surface area (Å²) in [5.74, 6) is 0.839. The molecule has 32 heavy (non-hydrogen) atoms. The third kappa shape index (κ3) is 5.35. The molecule has 0 fully saturated rings. The molecule has 0 aliphatic rings. The molecule has 7 nitrogen and oxygen atoms in total. The fraction of sp³-hybridized carbons (Fsp3) is 0.217. The van der Waals surface area contributed by atoms with Crippen molar-refractivity contribution in [3.8, 4) is 0 Å². The number of amides is 1. The number of fused-ring (bicyclic) bond motifs is 1. The highest BCUT2D eigenvalue weighted by atomic mass is 79.9. The maximum absolute atomic E-state index is 13.2. The van der Waals surface area contributed by atoms with E-state index in [1.54, 1.807) is 26.1 Å². The summed E-state index contributed by atoms with van der Waals surface area (Å²) in [6.45, 7) is 3.48. The minimum atomic E-state index is -0.166. The van der Waals surface area contributed by atoms with Crippen molar-refractivity contribution in [2.75, 3.05) is 12.3 Å². The first-order valence-electron chi connectivity index (χ1n) is 9.85. The molecule has 0 aliphatic heterocycles. The highest BCUT2D eigenvalue weighted by Crippen LogP contribution is 2.33. The van der Waals surface area contributed by atoms with Gasteiger partial charge in [-0.2, -0.15) is 0 Å². The lowest BCUT2D eigenvalue weighted by molar-refractivity contribution is -0.116. The SMILES string of the molecule is C/C(=C(\CCO)SC(=O)c1cccc2c(Br)cccc12)N(C=O)Cc1cnc(C)nc1N. The second kappa shape index (κ2) is 10.7. The average molecular weight is 515 g/mol. The highest BCUT2D eigenvalue weighted by molar-refractivity contribution is 9.10. The smallest absolute Gasteiger partial charge is 0.224 e. The molecular formula is C23H23BrN4O3S. The van der Waals surface area contributed by atoms with Crippen molar-refractivity contribution < 1.29 is 14.7 Å². The molecule has 1 heterocycles. The standard InChI is InChI=1S/C23H23BrN4O3S/c1-14(28(13-30)12-16-11-26-15(2)27-22(16)25)21(9-10-29)32-23(31)19-7-3-6-18-17(19)5-4-8-20(18)24/h3-8,11,13,29H,9-10,12H2,1-2H3,(H2,25,26,27)/b21-14-. The number of anilines is 1. The molecule has 9 heteroatoms. The van der Waals surface area contributed by atoms with Crippen molar-refractivity contribution in [1.29, 1.82) is 0 Å². The average Bonchev–Trinajstić information content (AvgIpc) is 2.78. The highest BCUT2D eigenvalue weighted by Gasteiger charge is 2.19. The van der Waals surface area contributed by atoms with Gasteiger partial charge in [0.1, 0.15) is 11.6 Å². The van der Waals surface area contributed by atoms with Crippen LogP contribution in [0.25, 0.3) is 10.8 Å². The summed E-state index contributed by atoms with van der Waals surface area (Å²) < 4.78 is 0.905. The second-order valence-corrected chi connectivity index (χ2v) is 9.00. The number of aliphatic hydroxyl groups is 1. The van der Waals surface area contributed by atoms with Gasteiger partial charge in [0.2, 0.25) is 11.5 Å². The summed E-state index contributed by atoms with van der Waals surface area (Å²) in [4.78, 5) is 35.4. The van der Waals surface area contributed by atoms with E-state index in [4.69, 9.17) is 5.73 Å². The van der Waals surface area contributed by atoms with Gasteiger partial charge in [-0.3, -0.25) is 9.59 Å².